The van der Waals surface area contributed by atoms with Gasteiger partial charge in [-0.3, -0.25) is 4.98 Å². The molecule has 0 bridgehead atoms. The first-order chi connectivity index (χ1) is 7.15. The fourth-order valence-electron chi connectivity index (χ4n) is 1.00. The van der Waals surface area contributed by atoms with Crippen molar-refractivity contribution in [2.45, 2.75) is 12.2 Å². The third-order valence-electron chi connectivity index (χ3n) is 1.74. The summed E-state index contributed by atoms with van der Waals surface area (Å²) in [6.07, 6.45) is -1.49. The molecule has 0 saturated heterocycles. The van der Waals surface area contributed by atoms with Crippen LogP contribution in [0.3, 0.4) is 0 Å². The molecule has 1 heterocycles. The minimum Gasteiger partial charge on any atom is -0.390 e. The molecule has 80 valence electrons. The van der Waals surface area contributed by atoms with E-state index in [4.69, 9.17) is 5.53 Å². The summed E-state index contributed by atoms with van der Waals surface area (Å²) in [6, 6.07) is 2.13. The Bertz CT molecular complexity index is 381. The van der Waals surface area contributed by atoms with Crippen LogP contribution in [0.2, 0.25) is 0 Å². The summed E-state index contributed by atoms with van der Waals surface area (Å²) in [5, 5.41) is 21.9. The van der Waals surface area contributed by atoms with E-state index in [0.29, 0.717) is 0 Å². The smallest absolute Gasteiger partial charge is 0.126 e. The van der Waals surface area contributed by atoms with Crippen molar-refractivity contribution in [3.63, 3.8) is 0 Å². The summed E-state index contributed by atoms with van der Waals surface area (Å²) in [7, 11) is 0. The van der Waals surface area contributed by atoms with Crippen molar-refractivity contribution in [3.8, 4) is 0 Å². The molecule has 1 aromatic heterocycles. The van der Waals surface area contributed by atoms with E-state index < -0.39 is 18.0 Å². The number of hydrogen-bond donors (Lipinski definition) is 2. The summed E-state index contributed by atoms with van der Waals surface area (Å²) >= 11 is 0. The molecule has 1 aromatic rings. The standard InChI is InChI=1S/C8H9FN4O2/c9-5-1-2-11-6(3-5)8(15)7(14)4-12-13-10/h1-3,7-8,14-15H,4H2. The second-order valence-corrected chi connectivity index (χ2v) is 2.82. The number of aliphatic hydroxyl groups excluding tert-OH is 2. The van der Waals surface area contributed by atoms with E-state index in [9.17, 15) is 14.6 Å². The molecule has 0 fully saturated rings. The van der Waals surface area contributed by atoms with Crippen LogP contribution in [0.1, 0.15) is 11.8 Å². The van der Waals surface area contributed by atoms with Gasteiger partial charge in [0.25, 0.3) is 0 Å². The Labute approximate surface area is 84.6 Å². The summed E-state index contributed by atoms with van der Waals surface area (Å²) < 4.78 is 12.7. The average molecular weight is 212 g/mol. The topological polar surface area (TPSA) is 102 Å². The van der Waals surface area contributed by atoms with Crippen molar-refractivity contribution in [2.24, 2.45) is 5.11 Å². The Morgan fingerprint density at radius 3 is 2.93 bits per heavy atom. The lowest BCUT2D eigenvalue weighted by molar-refractivity contribution is 0.0216. The van der Waals surface area contributed by atoms with Crippen LogP contribution >= 0.6 is 0 Å². The highest BCUT2D eigenvalue weighted by atomic mass is 19.1. The highest BCUT2D eigenvalue weighted by molar-refractivity contribution is 5.10. The minimum atomic E-state index is -1.37. The highest BCUT2D eigenvalue weighted by Gasteiger charge is 2.19. The number of halogens is 1. The number of aliphatic hydroxyl groups is 2. The largest absolute Gasteiger partial charge is 0.390 e. The molecular weight excluding hydrogens is 203 g/mol. The number of pyridine rings is 1. The minimum absolute atomic E-state index is 0.00404. The molecule has 0 amide bonds. The molecule has 2 unspecified atom stereocenters. The molecule has 2 N–H and O–H groups in total. The van der Waals surface area contributed by atoms with Crippen molar-refractivity contribution in [1.29, 1.82) is 0 Å². The summed E-state index contributed by atoms with van der Waals surface area (Å²) in [5.74, 6) is -0.560. The number of nitrogens with zero attached hydrogens (tertiary/aromatic N) is 4. The normalized spacial score (nSPS) is 14.1. The van der Waals surface area contributed by atoms with E-state index in [0.717, 1.165) is 12.1 Å². The van der Waals surface area contributed by atoms with Crippen LogP contribution in [0.4, 0.5) is 4.39 Å². The van der Waals surface area contributed by atoms with Gasteiger partial charge in [-0.15, -0.1) is 0 Å². The average Bonchev–Trinajstić information content (AvgIpc) is 2.24. The maximum atomic E-state index is 12.7. The Morgan fingerprint density at radius 1 is 1.60 bits per heavy atom. The zero-order valence-electron chi connectivity index (χ0n) is 7.66. The molecule has 0 aliphatic carbocycles. The monoisotopic (exact) mass is 212 g/mol. The lowest BCUT2D eigenvalue weighted by atomic mass is 10.1. The Hall–Kier alpha value is -1.69. The molecule has 7 heteroatoms. The summed E-state index contributed by atoms with van der Waals surface area (Å²) in [5.41, 5.74) is 8.00. The second kappa shape index (κ2) is 5.26. The SMILES string of the molecule is [N-]=[N+]=NCC(O)C(O)c1cc(F)ccn1. The first-order valence-electron chi connectivity index (χ1n) is 4.13. The fraction of sp³-hybridized carbons (Fsp3) is 0.375. The molecule has 6 nitrogen and oxygen atoms in total. The van der Waals surface area contributed by atoms with Gasteiger partial charge in [-0.1, -0.05) is 5.11 Å². The number of aromatic nitrogens is 1. The molecule has 0 saturated carbocycles. The summed E-state index contributed by atoms with van der Waals surface area (Å²) in [6.45, 7) is -0.296. The van der Waals surface area contributed by atoms with Gasteiger partial charge in [0.2, 0.25) is 0 Å². The van der Waals surface area contributed by atoms with Crippen molar-refractivity contribution < 1.29 is 14.6 Å². The van der Waals surface area contributed by atoms with Gasteiger partial charge in [0.1, 0.15) is 11.9 Å². The van der Waals surface area contributed by atoms with E-state index in [2.05, 4.69) is 15.0 Å². The third-order valence-corrected chi connectivity index (χ3v) is 1.74. The van der Waals surface area contributed by atoms with Crippen LogP contribution in [0, 0.1) is 5.82 Å². The molecule has 0 aromatic carbocycles. The second-order valence-electron chi connectivity index (χ2n) is 2.82. The number of azide groups is 1. The lowest BCUT2D eigenvalue weighted by Crippen LogP contribution is -2.22. The first-order valence-corrected chi connectivity index (χ1v) is 4.13. The van der Waals surface area contributed by atoms with Gasteiger partial charge in [-0.05, 0) is 17.7 Å². The van der Waals surface area contributed by atoms with Gasteiger partial charge in [0.05, 0.1) is 18.3 Å². The molecular formula is C8H9FN4O2. The predicted molar refractivity (Wildman–Crippen MR) is 49.2 cm³/mol. The van der Waals surface area contributed by atoms with E-state index in [-0.39, 0.29) is 12.2 Å². The summed E-state index contributed by atoms with van der Waals surface area (Å²) in [4.78, 5) is 6.11. The predicted octanol–water partition coefficient (Wildman–Crippen LogP) is 0.925. The molecule has 0 radical (unpaired) electrons. The fourth-order valence-corrected chi connectivity index (χ4v) is 1.00. The highest BCUT2D eigenvalue weighted by Crippen LogP contribution is 2.15. The molecule has 2 atom stereocenters. The first kappa shape index (κ1) is 11.4. The van der Waals surface area contributed by atoms with Gasteiger partial charge < -0.3 is 10.2 Å². The number of rotatable bonds is 4. The Kier molecular flexibility index (Phi) is 3.99. The van der Waals surface area contributed by atoms with Crippen LogP contribution in [0.5, 0.6) is 0 Å². The van der Waals surface area contributed by atoms with E-state index >= 15 is 0 Å². The Morgan fingerprint density at radius 2 is 2.33 bits per heavy atom. The maximum Gasteiger partial charge on any atom is 0.126 e. The van der Waals surface area contributed by atoms with Crippen LogP contribution in [-0.4, -0.2) is 27.8 Å². The van der Waals surface area contributed by atoms with Gasteiger partial charge in [-0.25, -0.2) is 4.39 Å². The molecule has 15 heavy (non-hydrogen) atoms. The van der Waals surface area contributed by atoms with Gasteiger partial charge in [-0.2, -0.15) is 0 Å². The van der Waals surface area contributed by atoms with Gasteiger partial charge in [0.15, 0.2) is 0 Å². The van der Waals surface area contributed by atoms with Crippen molar-refractivity contribution in [2.75, 3.05) is 6.54 Å². The van der Waals surface area contributed by atoms with Crippen LogP contribution in [-0.2, 0) is 0 Å². The zero-order valence-corrected chi connectivity index (χ0v) is 7.66. The van der Waals surface area contributed by atoms with Crippen molar-refractivity contribution >= 4 is 0 Å². The lowest BCUT2D eigenvalue weighted by Gasteiger charge is -2.14. The quantitative estimate of drug-likeness (QED) is 0.440. The Balaban J connectivity index is 2.75. The van der Waals surface area contributed by atoms with Crippen molar-refractivity contribution in [3.05, 3.63) is 40.3 Å². The third kappa shape index (κ3) is 3.17. The zero-order chi connectivity index (χ0) is 11.3. The van der Waals surface area contributed by atoms with Crippen LogP contribution in [0.15, 0.2) is 23.4 Å². The van der Waals surface area contributed by atoms with Crippen LogP contribution < -0.4 is 0 Å². The van der Waals surface area contributed by atoms with E-state index in [1.165, 1.54) is 6.20 Å². The number of hydrogen-bond acceptors (Lipinski definition) is 4. The van der Waals surface area contributed by atoms with Gasteiger partial charge >= 0.3 is 0 Å². The molecule has 1 rings (SSSR count). The molecule has 0 aliphatic heterocycles. The molecule has 0 aliphatic rings. The van der Waals surface area contributed by atoms with Gasteiger partial charge in [0, 0.05) is 11.1 Å². The van der Waals surface area contributed by atoms with Crippen LogP contribution in [0.25, 0.3) is 10.4 Å². The van der Waals surface area contributed by atoms with E-state index in [1.807, 2.05) is 0 Å². The molecule has 0 spiro atoms. The van der Waals surface area contributed by atoms with E-state index in [1.54, 1.807) is 0 Å². The van der Waals surface area contributed by atoms with Crippen molar-refractivity contribution in [1.82, 2.24) is 4.98 Å². The maximum absolute atomic E-state index is 12.7.